The largest absolute Gasteiger partial charge is 0.397 e. The van der Waals surface area contributed by atoms with Crippen molar-refractivity contribution in [2.45, 2.75) is 60.8 Å². The van der Waals surface area contributed by atoms with E-state index in [9.17, 15) is 0 Å². The van der Waals surface area contributed by atoms with Crippen LogP contribution in [-0.2, 0) is 0 Å². The molecule has 0 heterocycles. The number of hydrogen-bond donors (Lipinski definition) is 2. The van der Waals surface area contributed by atoms with Gasteiger partial charge in [-0.15, -0.1) is 0 Å². The van der Waals surface area contributed by atoms with Crippen LogP contribution < -0.4 is 11.1 Å². The van der Waals surface area contributed by atoms with Crippen molar-refractivity contribution in [2.24, 2.45) is 5.73 Å². The summed E-state index contributed by atoms with van der Waals surface area (Å²) in [6.07, 6.45) is 9.68. The van der Waals surface area contributed by atoms with Gasteiger partial charge in [0.1, 0.15) is 0 Å². The Morgan fingerprint density at radius 1 is 0.947 bits per heavy atom. The molecular formula is C35H49N3. The van der Waals surface area contributed by atoms with E-state index in [4.69, 9.17) is 5.73 Å². The molecule has 2 aromatic carbocycles. The van der Waals surface area contributed by atoms with Crippen molar-refractivity contribution in [1.29, 1.82) is 0 Å². The second-order valence-corrected chi connectivity index (χ2v) is 9.73. The molecule has 3 nitrogen and oxygen atoms in total. The van der Waals surface area contributed by atoms with Gasteiger partial charge in [-0.05, 0) is 92.7 Å². The van der Waals surface area contributed by atoms with E-state index in [1.807, 2.05) is 37.9 Å². The van der Waals surface area contributed by atoms with E-state index in [-0.39, 0.29) is 0 Å². The summed E-state index contributed by atoms with van der Waals surface area (Å²) in [5.74, 6) is 0. The summed E-state index contributed by atoms with van der Waals surface area (Å²) in [5.41, 5.74) is 16.8. The number of nitrogens with two attached hydrogens (primary N) is 1. The maximum Gasteiger partial charge on any atom is 0.0503 e. The molecule has 0 fully saturated rings. The number of allylic oxidation sites excluding steroid dienone is 6. The predicted molar refractivity (Wildman–Crippen MR) is 170 cm³/mol. The molecular weight excluding hydrogens is 462 g/mol. The van der Waals surface area contributed by atoms with Crippen LogP contribution in [0.25, 0.3) is 11.6 Å². The van der Waals surface area contributed by atoms with Crippen molar-refractivity contribution in [1.82, 2.24) is 10.2 Å². The molecule has 0 bridgehead atoms. The van der Waals surface area contributed by atoms with E-state index in [1.165, 1.54) is 47.1 Å². The Morgan fingerprint density at radius 3 is 2.13 bits per heavy atom. The van der Waals surface area contributed by atoms with Crippen LogP contribution in [0.2, 0.25) is 0 Å². The first-order chi connectivity index (χ1) is 18.0. The quantitative estimate of drug-likeness (QED) is 0.221. The van der Waals surface area contributed by atoms with Crippen molar-refractivity contribution < 1.29 is 0 Å². The van der Waals surface area contributed by atoms with Gasteiger partial charge in [-0.1, -0.05) is 88.0 Å². The number of nitrogens with zero attached hydrogens (tertiary/aromatic N) is 1. The summed E-state index contributed by atoms with van der Waals surface area (Å²) in [6.45, 7) is 25.6. The molecule has 0 aliphatic carbocycles. The van der Waals surface area contributed by atoms with Gasteiger partial charge < -0.3 is 16.0 Å². The second-order valence-electron chi connectivity index (χ2n) is 9.73. The molecule has 0 aliphatic heterocycles. The highest BCUT2D eigenvalue weighted by Crippen LogP contribution is 2.21. The van der Waals surface area contributed by atoms with Gasteiger partial charge in [0, 0.05) is 30.7 Å². The Bertz CT molecular complexity index is 1180. The first-order valence-corrected chi connectivity index (χ1v) is 13.5. The third-order valence-electron chi connectivity index (χ3n) is 6.70. The van der Waals surface area contributed by atoms with Crippen LogP contribution in [0.4, 0.5) is 0 Å². The predicted octanol–water partition coefficient (Wildman–Crippen LogP) is 8.91. The zero-order valence-electron chi connectivity index (χ0n) is 24.8. The molecule has 0 atom stereocenters. The first-order valence-electron chi connectivity index (χ1n) is 13.5. The third kappa shape index (κ3) is 10.7. The molecule has 2 aromatic rings. The lowest BCUT2D eigenvalue weighted by Crippen LogP contribution is -2.17. The van der Waals surface area contributed by atoms with E-state index >= 15 is 0 Å². The van der Waals surface area contributed by atoms with Crippen molar-refractivity contribution in [3.63, 3.8) is 0 Å². The first kappa shape index (κ1) is 32.3. The maximum absolute atomic E-state index is 5.89. The Morgan fingerprint density at radius 2 is 1.55 bits per heavy atom. The lowest BCUT2D eigenvalue weighted by molar-refractivity contribution is 0.516. The van der Waals surface area contributed by atoms with E-state index in [0.717, 1.165) is 29.2 Å². The van der Waals surface area contributed by atoms with E-state index in [1.54, 1.807) is 6.08 Å². The van der Waals surface area contributed by atoms with Crippen molar-refractivity contribution in [3.05, 3.63) is 131 Å². The summed E-state index contributed by atoms with van der Waals surface area (Å²) in [4.78, 5) is 2.04. The fourth-order valence-corrected chi connectivity index (χ4v) is 3.79. The molecule has 0 aromatic heterocycles. The zero-order chi connectivity index (χ0) is 28.7. The van der Waals surface area contributed by atoms with Crippen LogP contribution in [0.3, 0.4) is 0 Å². The molecule has 0 radical (unpaired) electrons. The highest BCUT2D eigenvalue weighted by atomic mass is 15.1. The smallest absolute Gasteiger partial charge is 0.0503 e. The van der Waals surface area contributed by atoms with Gasteiger partial charge in [0.25, 0.3) is 0 Å². The van der Waals surface area contributed by atoms with Crippen LogP contribution in [0, 0.1) is 13.8 Å². The molecule has 0 saturated carbocycles. The standard InChI is InChI=1S/C18H24N2.C17H25N/c1-7-18(19)16(5)20(6)15(4)12-14(3)17-11-9-8-10-13(17)2;1-5-6-9-12-18-16(4)15(3)13-17-11-8-7-10-14(17)2/h7-12H,1,3,19H2,2,4-6H3;7-8,10-11,13,18H,4-6,9,12H2,1-3H3/b15-12-,18-16+;15-13+. The van der Waals surface area contributed by atoms with Gasteiger partial charge in [-0.2, -0.15) is 0 Å². The van der Waals surface area contributed by atoms with Crippen molar-refractivity contribution in [3.8, 4) is 0 Å². The Labute approximate surface area is 232 Å². The number of unbranched alkanes of at least 4 members (excludes halogenated alkanes) is 2. The lowest BCUT2D eigenvalue weighted by Gasteiger charge is -2.22. The van der Waals surface area contributed by atoms with Crippen LogP contribution in [0.1, 0.15) is 69.2 Å². The maximum atomic E-state index is 5.89. The highest BCUT2D eigenvalue weighted by molar-refractivity contribution is 5.74. The number of benzene rings is 2. The van der Waals surface area contributed by atoms with Gasteiger partial charge in [0.15, 0.2) is 0 Å². The summed E-state index contributed by atoms with van der Waals surface area (Å²) >= 11 is 0. The monoisotopic (exact) mass is 511 g/mol. The second kappa shape index (κ2) is 16.9. The van der Waals surface area contributed by atoms with Gasteiger partial charge in [-0.3, -0.25) is 0 Å². The van der Waals surface area contributed by atoms with E-state index < -0.39 is 0 Å². The van der Waals surface area contributed by atoms with Crippen molar-refractivity contribution in [2.75, 3.05) is 13.6 Å². The molecule has 3 heteroatoms. The van der Waals surface area contributed by atoms with Crippen LogP contribution >= 0.6 is 0 Å². The number of rotatable bonds is 12. The lowest BCUT2D eigenvalue weighted by atomic mass is 10.0. The third-order valence-corrected chi connectivity index (χ3v) is 6.70. The Kier molecular flexibility index (Phi) is 14.4. The molecule has 204 valence electrons. The Hall–Kier alpha value is -3.72. The number of nitrogens with one attached hydrogen (secondary N) is 1. The topological polar surface area (TPSA) is 41.3 Å². The molecule has 3 N–H and O–H groups in total. The average Bonchev–Trinajstić information content (AvgIpc) is 2.91. The molecule has 0 unspecified atom stereocenters. The van der Waals surface area contributed by atoms with Crippen molar-refractivity contribution >= 4 is 11.6 Å². The van der Waals surface area contributed by atoms with E-state index in [0.29, 0.717) is 5.70 Å². The highest BCUT2D eigenvalue weighted by Gasteiger charge is 2.06. The normalized spacial score (nSPS) is 12.1. The molecule has 0 amide bonds. The number of hydrogen-bond acceptors (Lipinski definition) is 3. The van der Waals surface area contributed by atoms with Crippen LogP contribution in [0.15, 0.2) is 109 Å². The molecule has 38 heavy (non-hydrogen) atoms. The fourth-order valence-electron chi connectivity index (χ4n) is 3.79. The van der Waals surface area contributed by atoms with Crippen LogP contribution in [-0.4, -0.2) is 18.5 Å². The van der Waals surface area contributed by atoms with Gasteiger partial charge >= 0.3 is 0 Å². The Balaban J connectivity index is 0.000000382. The number of aryl methyl sites for hydroxylation is 2. The summed E-state index contributed by atoms with van der Waals surface area (Å²) in [6, 6.07) is 16.7. The summed E-state index contributed by atoms with van der Waals surface area (Å²) in [5, 5.41) is 3.39. The molecule has 2 rings (SSSR count). The summed E-state index contributed by atoms with van der Waals surface area (Å²) < 4.78 is 0. The minimum absolute atomic E-state index is 0.682. The SMILES string of the molecule is C=C(NCCCCC)/C(C)=C/c1ccccc1C.C=C/C(N)=C(/C)N(C)/C(C)=C\C(=C)c1ccccc1C. The van der Waals surface area contributed by atoms with Gasteiger partial charge in [0.05, 0.1) is 5.70 Å². The van der Waals surface area contributed by atoms with Crippen LogP contribution in [0.5, 0.6) is 0 Å². The molecule has 0 spiro atoms. The van der Waals surface area contributed by atoms with Gasteiger partial charge in [0.2, 0.25) is 0 Å². The van der Waals surface area contributed by atoms with E-state index in [2.05, 4.69) is 101 Å². The minimum Gasteiger partial charge on any atom is -0.397 e. The minimum atomic E-state index is 0.682. The van der Waals surface area contributed by atoms with Gasteiger partial charge in [-0.25, -0.2) is 0 Å². The summed E-state index contributed by atoms with van der Waals surface area (Å²) in [7, 11) is 1.99. The molecule has 0 saturated heterocycles. The average molecular weight is 512 g/mol. The fraction of sp³-hybridized carbons (Fsp3) is 0.314. The molecule has 0 aliphatic rings. The zero-order valence-corrected chi connectivity index (χ0v) is 24.8.